The third kappa shape index (κ3) is 2.83. The van der Waals surface area contributed by atoms with E-state index in [9.17, 15) is 0 Å². The fraction of sp³-hybridized carbons (Fsp3) is 0.278. The van der Waals surface area contributed by atoms with Crippen LogP contribution in [0.25, 0.3) is 10.8 Å². The number of nitrogens with zero attached hydrogens (tertiary/aromatic N) is 2. The topological polar surface area (TPSA) is 43.8 Å². The molecule has 3 nitrogen and oxygen atoms in total. The van der Waals surface area contributed by atoms with E-state index >= 15 is 0 Å². The minimum atomic E-state index is -0.0269. The van der Waals surface area contributed by atoms with Crippen LogP contribution in [0.4, 0.5) is 0 Å². The maximum Gasteiger partial charge on any atom is 0.108 e. The quantitative estimate of drug-likeness (QED) is 0.774. The zero-order chi connectivity index (χ0) is 14.7. The van der Waals surface area contributed by atoms with Crippen LogP contribution in [-0.4, -0.2) is 9.55 Å². The highest BCUT2D eigenvalue weighted by Gasteiger charge is 2.12. The molecule has 0 amide bonds. The van der Waals surface area contributed by atoms with E-state index in [2.05, 4.69) is 58.9 Å². The molecule has 1 heterocycles. The van der Waals surface area contributed by atoms with Gasteiger partial charge in [0.15, 0.2) is 0 Å². The molecule has 2 aromatic carbocycles. The Kier molecular flexibility index (Phi) is 4.02. The summed E-state index contributed by atoms with van der Waals surface area (Å²) in [5, 5.41) is 2.48. The molecule has 0 spiro atoms. The second-order valence-electron chi connectivity index (χ2n) is 5.42. The van der Waals surface area contributed by atoms with Crippen molar-refractivity contribution in [2.24, 2.45) is 5.73 Å². The van der Waals surface area contributed by atoms with E-state index in [-0.39, 0.29) is 6.04 Å². The molecule has 3 heteroatoms. The van der Waals surface area contributed by atoms with Crippen LogP contribution in [-0.2, 0) is 13.0 Å². The molecular formula is C18H21N3. The zero-order valence-electron chi connectivity index (χ0n) is 12.4. The molecule has 21 heavy (non-hydrogen) atoms. The van der Waals surface area contributed by atoms with Crippen molar-refractivity contribution in [2.45, 2.75) is 32.4 Å². The number of rotatable bonds is 5. The molecule has 0 aliphatic heterocycles. The summed E-state index contributed by atoms with van der Waals surface area (Å²) >= 11 is 0. The predicted octanol–water partition coefficient (Wildman–Crippen LogP) is 3.69. The first-order chi connectivity index (χ1) is 10.3. The van der Waals surface area contributed by atoms with Crippen LogP contribution in [0, 0.1) is 0 Å². The first-order valence-electron chi connectivity index (χ1n) is 7.53. The highest BCUT2D eigenvalue weighted by atomic mass is 15.1. The maximum atomic E-state index is 6.47. The first-order valence-corrected chi connectivity index (χ1v) is 7.53. The Balaban J connectivity index is 1.90. The lowest BCUT2D eigenvalue weighted by molar-refractivity contribution is 0.555. The van der Waals surface area contributed by atoms with Gasteiger partial charge in [-0.25, -0.2) is 4.98 Å². The number of hydrogen-bond acceptors (Lipinski definition) is 2. The molecule has 1 atom stereocenters. The van der Waals surface area contributed by atoms with Crippen molar-refractivity contribution in [3.8, 4) is 0 Å². The number of fused-ring (bicyclic) bond motifs is 1. The maximum absolute atomic E-state index is 6.47. The van der Waals surface area contributed by atoms with Gasteiger partial charge in [0.05, 0.1) is 0 Å². The zero-order valence-corrected chi connectivity index (χ0v) is 12.4. The molecule has 2 N–H and O–H groups in total. The monoisotopic (exact) mass is 279 g/mol. The molecule has 1 aromatic heterocycles. The van der Waals surface area contributed by atoms with E-state index in [1.807, 2.05) is 12.4 Å². The average Bonchev–Trinajstić information content (AvgIpc) is 2.94. The normalized spacial score (nSPS) is 12.7. The van der Waals surface area contributed by atoms with E-state index in [0.29, 0.717) is 0 Å². The Morgan fingerprint density at radius 3 is 2.81 bits per heavy atom. The van der Waals surface area contributed by atoms with Gasteiger partial charge in [-0.1, -0.05) is 49.4 Å². The van der Waals surface area contributed by atoms with Crippen molar-refractivity contribution in [3.63, 3.8) is 0 Å². The van der Waals surface area contributed by atoms with E-state index in [1.54, 1.807) is 0 Å². The van der Waals surface area contributed by atoms with Crippen LogP contribution in [0.5, 0.6) is 0 Å². The summed E-state index contributed by atoms with van der Waals surface area (Å²) in [5.74, 6) is 1.12. The predicted molar refractivity (Wildman–Crippen MR) is 87.1 cm³/mol. The SMILES string of the molecule is CCCc1nccn1CC(N)c1cccc2ccccc12. The third-order valence-electron chi connectivity index (χ3n) is 3.89. The molecule has 108 valence electrons. The number of aromatic nitrogens is 2. The Hall–Kier alpha value is -2.13. The number of aryl methyl sites for hydroxylation is 1. The molecule has 3 rings (SSSR count). The fourth-order valence-electron chi connectivity index (χ4n) is 2.84. The van der Waals surface area contributed by atoms with Crippen molar-refractivity contribution in [2.75, 3.05) is 0 Å². The summed E-state index contributed by atoms with van der Waals surface area (Å²) in [7, 11) is 0. The Morgan fingerprint density at radius 2 is 1.95 bits per heavy atom. The van der Waals surface area contributed by atoms with Crippen molar-refractivity contribution in [1.82, 2.24) is 9.55 Å². The Bertz CT molecular complexity index is 725. The second kappa shape index (κ2) is 6.10. The van der Waals surface area contributed by atoms with Gasteiger partial charge in [0, 0.05) is 31.4 Å². The van der Waals surface area contributed by atoms with Crippen molar-refractivity contribution in [3.05, 3.63) is 66.2 Å². The van der Waals surface area contributed by atoms with Crippen LogP contribution >= 0.6 is 0 Å². The minimum Gasteiger partial charge on any atom is -0.333 e. The van der Waals surface area contributed by atoms with Crippen molar-refractivity contribution >= 4 is 10.8 Å². The molecular weight excluding hydrogens is 258 g/mol. The molecule has 0 radical (unpaired) electrons. The standard InChI is InChI=1S/C18H21N3/c1-2-6-18-20-11-12-21(18)13-17(19)16-10-5-8-14-7-3-4-9-15(14)16/h3-5,7-12,17H,2,6,13,19H2,1H3. The van der Waals surface area contributed by atoms with Gasteiger partial charge >= 0.3 is 0 Å². The van der Waals surface area contributed by atoms with Gasteiger partial charge in [0.25, 0.3) is 0 Å². The van der Waals surface area contributed by atoms with Gasteiger partial charge in [-0.05, 0) is 22.8 Å². The van der Waals surface area contributed by atoms with Gasteiger partial charge in [-0.3, -0.25) is 0 Å². The third-order valence-corrected chi connectivity index (χ3v) is 3.89. The summed E-state index contributed by atoms with van der Waals surface area (Å²) in [4.78, 5) is 4.42. The van der Waals surface area contributed by atoms with Gasteiger partial charge in [-0.15, -0.1) is 0 Å². The molecule has 0 saturated heterocycles. The smallest absolute Gasteiger partial charge is 0.108 e. The number of imidazole rings is 1. The fourth-order valence-corrected chi connectivity index (χ4v) is 2.84. The summed E-state index contributed by atoms with van der Waals surface area (Å²) in [5.41, 5.74) is 7.67. The lowest BCUT2D eigenvalue weighted by Crippen LogP contribution is -2.19. The van der Waals surface area contributed by atoms with Crippen LogP contribution in [0.15, 0.2) is 54.9 Å². The van der Waals surface area contributed by atoms with Crippen LogP contribution in [0.1, 0.15) is 30.8 Å². The Morgan fingerprint density at radius 1 is 1.14 bits per heavy atom. The largest absolute Gasteiger partial charge is 0.333 e. The summed E-state index contributed by atoms with van der Waals surface area (Å²) in [6, 6.07) is 14.7. The highest BCUT2D eigenvalue weighted by Crippen LogP contribution is 2.24. The van der Waals surface area contributed by atoms with Gasteiger partial charge in [-0.2, -0.15) is 0 Å². The van der Waals surface area contributed by atoms with Gasteiger partial charge < -0.3 is 10.3 Å². The molecule has 0 saturated carbocycles. The van der Waals surface area contributed by atoms with Gasteiger partial charge in [0.2, 0.25) is 0 Å². The molecule has 0 aliphatic rings. The average molecular weight is 279 g/mol. The number of hydrogen-bond donors (Lipinski definition) is 1. The number of benzene rings is 2. The summed E-state index contributed by atoms with van der Waals surface area (Å²) < 4.78 is 2.18. The van der Waals surface area contributed by atoms with E-state index in [4.69, 9.17) is 5.73 Å². The minimum absolute atomic E-state index is 0.0269. The van der Waals surface area contributed by atoms with E-state index < -0.39 is 0 Å². The second-order valence-corrected chi connectivity index (χ2v) is 5.42. The summed E-state index contributed by atoms with van der Waals surface area (Å²) in [6.07, 6.45) is 5.98. The number of nitrogens with two attached hydrogens (primary N) is 1. The van der Waals surface area contributed by atoms with Crippen LogP contribution < -0.4 is 5.73 Å². The van der Waals surface area contributed by atoms with E-state index in [1.165, 1.54) is 16.3 Å². The first kappa shape index (κ1) is 13.8. The van der Waals surface area contributed by atoms with E-state index in [0.717, 1.165) is 25.2 Å². The molecule has 0 aliphatic carbocycles. The highest BCUT2D eigenvalue weighted by molar-refractivity contribution is 5.86. The molecule has 1 unspecified atom stereocenters. The summed E-state index contributed by atoms with van der Waals surface area (Å²) in [6.45, 7) is 2.94. The van der Waals surface area contributed by atoms with Crippen molar-refractivity contribution < 1.29 is 0 Å². The van der Waals surface area contributed by atoms with Crippen LogP contribution in [0.2, 0.25) is 0 Å². The molecule has 3 aromatic rings. The molecule has 0 bridgehead atoms. The molecule has 0 fully saturated rings. The van der Waals surface area contributed by atoms with Gasteiger partial charge in [0.1, 0.15) is 5.82 Å². The lowest BCUT2D eigenvalue weighted by atomic mass is 9.99. The Labute approximate surface area is 125 Å². The van der Waals surface area contributed by atoms with Crippen molar-refractivity contribution in [1.29, 1.82) is 0 Å². The lowest BCUT2D eigenvalue weighted by Gasteiger charge is -2.17. The van der Waals surface area contributed by atoms with Crippen LogP contribution in [0.3, 0.4) is 0 Å².